The highest BCUT2D eigenvalue weighted by Crippen LogP contribution is 2.14. The normalized spacial score (nSPS) is 10.4. The fourth-order valence-corrected chi connectivity index (χ4v) is 2.89. The van der Waals surface area contributed by atoms with Crippen LogP contribution in [-0.2, 0) is 13.6 Å². The summed E-state index contributed by atoms with van der Waals surface area (Å²) >= 11 is 0. The molecule has 0 aliphatic heterocycles. The molecule has 27 heavy (non-hydrogen) atoms. The lowest BCUT2D eigenvalue weighted by Crippen LogP contribution is -2.25. The van der Waals surface area contributed by atoms with Gasteiger partial charge in [-0.25, -0.2) is 0 Å². The van der Waals surface area contributed by atoms with Crippen molar-refractivity contribution in [3.05, 3.63) is 47.3 Å². The van der Waals surface area contributed by atoms with Crippen molar-refractivity contribution in [2.75, 3.05) is 6.61 Å². The molecule has 5 heteroatoms. The second-order valence-corrected chi connectivity index (χ2v) is 6.70. The van der Waals surface area contributed by atoms with E-state index in [1.807, 2.05) is 31.2 Å². The lowest BCUT2D eigenvalue weighted by Gasteiger charge is -2.09. The Balaban J connectivity index is 1.71. The summed E-state index contributed by atoms with van der Waals surface area (Å²) in [7, 11) is 1.77. The third kappa shape index (κ3) is 7.18. The van der Waals surface area contributed by atoms with Crippen LogP contribution in [0.2, 0.25) is 0 Å². The van der Waals surface area contributed by atoms with E-state index in [0.717, 1.165) is 42.7 Å². The molecule has 1 heterocycles. The summed E-state index contributed by atoms with van der Waals surface area (Å²) in [5, 5.41) is 7.13. The first kappa shape index (κ1) is 20.6. The van der Waals surface area contributed by atoms with Gasteiger partial charge in [-0.15, -0.1) is 12.3 Å². The van der Waals surface area contributed by atoms with Gasteiger partial charge in [0.2, 0.25) is 0 Å². The Labute approximate surface area is 162 Å². The van der Waals surface area contributed by atoms with Gasteiger partial charge in [-0.2, -0.15) is 5.10 Å². The number of hydrogen-bond acceptors (Lipinski definition) is 3. The molecule has 2 rings (SSSR count). The molecule has 1 aromatic heterocycles. The minimum Gasteiger partial charge on any atom is -0.494 e. The standard InChI is InChI=1S/C22H29N3O2/c1-4-5-6-7-8-9-10-14-27-20-13-11-12-19(16-20)17-23-22(26)21-15-18(2)24-25(21)3/h1,11-13,15-16H,5-10,14,17H2,2-3H3,(H,23,26). The number of terminal acetylenes is 1. The zero-order valence-electron chi connectivity index (χ0n) is 16.3. The summed E-state index contributed by atoms with van der Waals surface area (Å²) in [6, 6.07) is 9.63. The van der Waals surface area contributed by atoms with E-state index in [1.165, 1.54) is 12.8 Å². The number of aryl methyl sites for hydroxylation is 2. The summed E-state index contributed by atoms with van der Waals surface area (Å²) < 4.78 is 7.42. The van der Waals surface area contributed by atoms with Crippen molar-refractivity contribution in [2.24, 2.45) is 7.05 Å². The first-order valence-corrected chi connectivity index (χ1v) is 9.54. The first-order valence-electron chi connectivity index (χ1n) is 9.54. The number of amides is 1. The Kier molecular flexibility index (Phi) is 8.44. The Bertz CT molecular complexity index is 774. The molecule has 0 unspecified atom stereocenters. The number of aromatic nitrogens is 2. The van der Waals surface area contributed by atoms with Crippen LogP contribution in [0.4, 0.5) is 0 Å². The molecule has 0 fully saturated rings. The smallest absolute Gasteiger partial charge is 0.269 e. The van der Waals surface area contributed by atoms with Crippen LogP contribution < -0.4 is 10.1 Å². The highest BCUT2D eigenvalue weighted by Gasteiger charge is 2.11. The molecular formula is C22H29N3O2. The zero-order valence-corrected chi connectivity index (χ0v) is 16.3. The van der Waals surface area contributed by atoms with Gasteiger partial charge < -0.3 is 10.1 Å². The maximum Gasteiger partial charge on any atom is 0.269 e. The molecule has 1 aromatic carbocycles. The van der Waals surface area contributed by atoms with E-state index in [-0.39, 0.29) is 5.91 Å². The number of nitrogens with one attached hydrogen (secondary N) is 1. The molecule has 0 saturated carbocycles. The van der Waals surface area contributed by atoms with Crippen LogP contribution in [0.1, 0.15) is 60.3 Å². The van der Waals surface area contributed by atoms with Crippen molar-refractivity contribution in [3.63, 3.8) is 0 Å². The van der Waals surface area contributed by atoms with Crippen LogP contribution in [0.15, 0.2) is 30.3 Å². The lowest BCUT2D eigenvalue weighted by molar-refractivity contribution is 0.0941. The number of unbranched alkanes of at least 4 members (excludes halogenated alkanes) is 5. The van der Waals surface area contributed by atoms with E-state index < -0.39 is 0 Å². The third-order valence-electron chi connectivity index (χ3n) is 4.32. The summed E-state index contributed by atoms with van der Waals surface area (Å²) in [4.78, 5) is 12.3. The van der Waals surface area contributed by atoms with Crippen molar-refractivity contribution in [3.8, 4) is 18.1 Å². The molecule has 0 atom stereocenters. The molecule has 1 amide bonds. The largest absolute Gasteiger partial charge is 0.494 e. The summed E-state index contributed by atoms with van der Waals surface area (Å²) in [6.07, 6.45) is 11.8. The van der Waals surface area contributed by atoms with Crippen LogP contribution in [0.5, 0.6) is 5.75 Å². The molecule has 0 aliphatic carbocycles. The van der Waals surface area contributed by atoms with Gasteiger partial charge in [0, 0.05) is 20.0 Å². The molecule has 5 nitrogen and oxygen atoms in total. The van der Waals surface area contributed by atoms with Gasteiger partial charge in [0.25, 0.3) is 5.91 Å². The van der Waals surface area contributed by atoms with Gasteiger partial charge >= 0.3 is 0 Å². The summed E-state index contributed by atoms with van der Waals surface area (Å²) in [5.74, 6) is 3.38. The lowest BCUT2D eigenvalue weighted by atomic mass is 10.1. The second-order valence-electron chi connectivity index (χ2n) is 6.70. The average Bonchev–Trinajstić information content (AvgIpc) is 3.00. The van der Waals surface area contributed by atoms with Crippen molar-refractivity contribution in [1.29, 1.82) is 0 Å². The topological polar surface area (TPSA) is 56.1 Å². The molecule has 0 aliphatic rings. The Morgan fingerprint density at radius 1 is 1.22 bits per heavy atom. The number of benzene rings is 1. The average molecular weight is 367 g/mol. The van der Waals surface area contributed by atoms with Gasteiger partial charge in [0.15, 0.2) is 0 Å². The quantitative estimate of drug-likeness (QED) is 0.482. The molecule has 144 valence electrons. The minimum atomic E-state index is -0.130. The fourth-order valence-electron chi connectivity index (χ4n) is 2.89. The summed E-state index contributed by atoms with van der Waals surface area (Å²) in [6.45, 7) is 3.03. The van der Waals surface area contributed by atoms with E-state index in [9.17, 15) is 4.79 Å². The molecule has 1 N–H and O–H groups in total. The Morgan fingerprint density at radius 3 is 2.74 bits per heavy atom. The predicted octanol–water partition coefficient (Wildman–Crippen LogP) is 4.01. The Hall–Kier alpha value is -2.74. The van der Waals surface area contributed by atoms with Crippen molar-refractivity contribution >= 4 is 5.91 Å². The molecule has 0 radical (unpaired) electrons. The van der Waals surface area contributed by atoms with E-state index in [4.69, 9.17) is 11.2 Å². The number of carbonyl (C=O) groups excluding carboxylic acids is 1. The van der Waals surface area contributed by atoms with Crippen LogP contribution >= 0.6 is 0 Å². The number of hydrogen-bond donors (Lipinski definition) is 1. The maximum absolute atomic E-state index is 12.3. The Morgan fingerprint density at radius 2 is 2.00 bits per heavy atom. The van der Waals surface area contributed by atoms with E-state index in [2.05, 4.69) is 16.3 Å². The van der Waals surface area contributed by atoms with E-state index >= 15 is 0 Å². The number of rotatable bonds is 11. The molecular weight excluding hydrogens is 338 g/mol. The fraction of sp³-hybridized carbons (Fsp3) is 0.455. The van der Waals surface area contributed by atoms with Gasteiger partial charge in [0.05, 0.1) is 12.3 Å². The maximum atomic E-state index is 12.3. The van der Waals surface area contributed by atoms with Crippen LogP contribution in [0.25, 0.3) is 0 Å². The van der Waals surface area contributed by atoms with E-state index in [1.54, 1.807) is 17.8 Å². The van der Waals surface area contributed by atoms with Crippen molar-refractivity contribution in [1.82, 2.24) is 15.1 Å². The zero-order chi connectivity index (χ0) is 19.5. The minimum absolute atomic E-state index is 0.130. The van der Waals surface area contributed by atoms with Crippen molar-refractivity contribution in [2.45, 2.75) is 52.0 Å². The van der Waals surface area contributed by atoms with Gasteiger partial charge in [-0.05, 0) is 43.5 Å². The molecule has 0 spiro atoms. The van der Waals surface area contributed by atoms with Gasteiger partial charge in [0.1, 0.15) is 11.4 Å². The highest BCUT2D eigenvalue weighted by atomic mass is 16.5. The van der Waals surface area contributed by atoms with Crippen LogP contribution in [0.3, 0.4) is 0 Å². The SMILES string of the molecule is C#CCCCCCCCOc1cccc(CNC(=O)c2cc(C)nn2C)c1. The molecule has 0 saturated heterocycles. The molecule has 2 aromatic rings. The van der Waals surface area contributed by atoms with Gasteiger partial charge in [-0.1, -0.05) is 31.4 Å². The number of nitrogens with zero attached hydrogens (tertiary/aromatic N) is 2. The van der Waals surface area contributed by atoms with Crippen LogP contribution in [-0.4, -0.2) is 22.3 Å². The first-order chi connectivity index (χ1) is 13.1. The predicted molar refractivity (Wildman–Crippen MR) is 108 cm³/mol. The van der Waals surface area contributed by atoms with Crippen LogP contribution in [0, 0.1) is 19.3 Å². The second kappa shape index (κ2) is 11.1. The van der Waals surface area contributed by atoms with Crippen molar-refractivity contribution < 1.29 is 9.53 Å². The highest BCUT2D eigenvalue weighted by molar-refractivity contribution is 5.92. The number of ether oxygens (including phenoxy) is 1. The molecule has 0 bridgehead atoms. The monoisotopic (exact) mass is 367 g/mol. The third-order valence-corrected chi connectivity index (χ3v) is 4.32. The van der Waals surface area contributed by atoms with Gasteiger partial charge in [-0.3, -0.25) is 9.48 Å². The summed E-state index contributed by atoms with van der Waals surface area (Å²) in [5.41, 5.74) is 2.39. The van der Waals surface area contributed by atoms with E-state index in [0.29, 0.717) is 18.8 Å². The number of carbonyl (C=O) groups is 1.